The molecule has 2 fully saturated rings. The number of carbonyl (C=O) groups excluding carboxylic acids is 2. The molecule has 2 amide bonds. The van der Waals surface area contributed by atoms with Crippen LogP contribution in [0.2, 0.25) is 0 Å². The van der Waals surface area contributed by atoms with Crippen LogP contribution in [-0.4, -0.2) is 41.5 Å². The standard InChI is InChI=1S/C26H32N2O6S2/c29-22(11-12-24(31)32)27-19-7-5-6-18(16-19)20-9-10-21(36-20)26(13-2-4-15-35-26)17-23(30)28-34-25-8-1-3-14-33-25/h5-7,9-10,16,25H,1-4,8,11-15,17H2,(H,27,29)(H,28,30)(H,31,32)/t25?,26-/m0/s1. The van der Waals surface area contributed by atoms with Gasteiger partial charge >= 0.3 is 5.97 Å². The maximum Gasteiger partial charge on any atom is 0.303 e. The Hall–Kier alpha value is -2.40. The third-order valence-corrected chi connectivity index (χ3v) is 9.37. The van der Waals surface area contributed by atoms with Gasteiger partial charge in [0.1, 0.15) is 0 Å². The van der Waals surface area contributed by atoms with E-state index in [-0.39, 0.29) is 35.7 Å². The fourth-order valence-electron chi connectivity index (χ4n) is 4.44. The highest BCUT2D eigenvalue weighted by Crippen LogP contribution is 2.51. The lowest BCUT2D eigenvalue weighted by Gasteiger charge is -2.35. The van der Waals surface area contributed by atoms with Crippen LogP contribution < -0.4 is 10.8 Å². The van der Waals surface area contributed by atoms with E-state index in [1.54, 1.807) is 17.4 Å². The van der Waals surface area contributed by atoms with Gasteiger partial charge in [-0.3, -0.25) is 14.4 Å². The zero-order valence-electron chi connectivity index (χ0n) is 20.1. The van der Waals surface area contributed by atoms with Crippen molar-refractivity contribution in [1.29, 1.82) is 0 Å². The topological polar surface area (TPSA) is 114 Å². The molecule has 0 aliphatic carbocycles. The van der Waals surface area contributed by atoms with Crippen molar-refractivity contribution in [2.45, 2.75) is 68.8 Å². The monoisotopic (exact) mass is 532 g/mol. The number of thiophene rings is 1. The van der Waals surface area contributed by atoms with Crippen LogP contribution >= 0.6 is 23.1 Å². The number of hydrogen-bond donors (Lipinski definition) is 3. The zero-order chi connectivity index (χ0) is 25.4. The Morgan fingerprint density at radius 1 is 1.08 bits per heavy atom. The number of nitrogens with one attached hydrogen (secondary N) is 2. The van der Waals surface area contributed by atoms with Crippen molar-refractivity contribution in [1.82, 2.24) is 5.48 Å². The van der Waals surface area contributed by atoms with E-state index in [0.717, 1.165) is 59.6 Å². The van der Waals surface area contributed by atoms with Gasteiger partial charge in [0.2, 0.25) is 11.8 Å². The Bertz CT molecular complexity index is 1060. The minimum Gasteiger partial charge on any atom is -0.481 e. The predicted octanol–water partition coefficient (Wildman–Crippen LogP) is 5.30. The van der Waals surface area contributed by atoms with Gasteiger partial charge in [0.05, 0.1) is 11.2 Å². The van der Waals surface area contributed by atoms with Gasteiger partial charge < -0.3 is 15.2 Å². The van der Waals surface area contributed by atoms with E-state index in [4.69, 9.17) is 14.7 Å². The quantitative estimate of drug-likeness (QED) is 0.356. The van der Waals surface area contributed by atoms with Crippen LogP contribution in [0.1, 0.15) is 62.7 Å². The minimum absolute atomic E-state index is 0.0683. The van der Waals surface area contributed by atoms with Gasteiger partial charge in [-0.15, -0.1) is 23.1 Å². The second-order valence-electron chi connectivity index (χ2n) is 9.10. The fraction of sp³-hybridized carbons (Fsp3) is 0.500. The molecule has 10 heteroatoms. The maximum atomic E-state index is 12.9. The largest absolute Gasteiger partial charge is 0.481 e. The van der Waals surface area contributed by atoms with Crippen LogP contribution in [0, 0.1) is 0 Å². The lowest BCUT2D eigenvalue weighted by atomic mass is 9.94. The first-order valence-electron chi connectivity index (χ1n) is 12.4. The molecule has 0 radical (unpaired) electrons. The zero-order valence-corrected chi connectivity index (χ0v) is 21.8. The third-order valence-electron chi connectivity index (χ3n) is 6.29. The molecule has 0 spiro atoms. The van der Waals surface area contributed by atoms with E-state index in [1.807, 2.05) is 30.0 Å². The van der Waals surface area contributed by atoms with E-state index >= 15 is 0 Å². The first-order chi connectivity index (χ1) is 17.4. The number of aliphatic carboxylic acids is 1. The SMILES string of the molecule is O=C(O)CCC(=O)Nc1cccc(-c2ccc([C@@]3(CC(=O)NOC4CCCCO4)CCCCS3)s2)c1. The average molecular weight is 533 g/mol. The van der Waals surface area contributed by atoms with Gasteiger partial charge in [-0.2, -0.15) is 0 Å². The van der Waals surface area contributed by atoms with Crippen molar-refractivity contribution in [3.63, 3.8) is 0 Å². The Labute approximate surface area is 219 Å². The smallest absolute Gasteiger partial charge is 0.303 e. The molecule has 2 atom stereocenters. The average Bonchev–Trinajstić information content (AvgIpc) is 3.39. The molecule has 194 valence electrons. The number of thioether (sulfide) groups is 1. The van der Waals surface area contributed by atoms with Crippen molar-refractivity contribution < 1.29 is 29.1 Å². The summed E-state index contributed by atoms with van der Waals surface area (Å²) in [4.78, 5) is 43.4. The summed E-state index contributed by atoms with van der Waals surface area (Å²) in [7, 11) is 0. The summed E-state index contributed by atoms with van der Waals surface area (Å²) in [6.07, 6.45) is 5.66. The Kier molecular flexibility index (Phi) is 9.41. The van der Waals surface area contributed by atoms with Crippen molar-refractivity contribution >= 4 is 46.6 Å². The molecule has 2 saturated heterocycles. The molecule has 3 heterocycles. The minimum atomic E-state index is -0.998. The van der Waals surface area contributed by atoms with Crippen molar-refractivity contribution in [2.75, 3.05) is 17.7 Å². The van der Waals surface area contributed by atoms with Crippen LogP contribution in [0.25, 0.3) is 10.4 Å². The third kappa shape index (κ3) is 7.32. The van der Waals surface area contributed by atoms with E-state index in [2.05, 4.69) is 22.9 Å². The molecule has 8 nitrogen and oxygen atoms in total. The van der Waals surface area contributed by atoms with Crippen molar-refractivity contribution in [2.24, 2.45) is 0 Å². The number of anilines is 1. The molecule has 1 aromatic carbocycles. The van der Waals surface area contributed by atoms with E-state index in [0.29, 0.717) is 18.7 Å². The van der Waals surface area contributed by atoms with E-state index in [9.17, 15) is 14.4 Å². The van der Waals surface area contributed by atoms with Crippen LogP contribution in [0.15, 0.2) is 36.4 Å². The summed E-state index contributed by atoms with van der Waals surface area (Å²) in [5.41, 5.74) is 4.21. The van der Waals surface area contributed by atoms with Gasteiger partial charge in [0.25, 0.3) is 0 Å². The van der Waals surface area contributed by atoms with Gasteiger partial charge in [-0.25, -0.2) is 10.3 Å². The molecule has 36 heavy (non-hydrogen) atoms. The van der Waals surface area contributed by atoms with Crippen LogP contribution in [0.3, 0.4) is 0 Å². The van der Waals surface area contributed by atoms with Gasteiger partial charge in [-0.1, -0.05) is 18.6 Å². The number of hydroxylamine groups is 1. The molecule has 3 N–H and O–H groups in total. The Balaban J connectivity index is 1.44. The molecule has 2 aliphatic heterocycles. The lowest BCUT2D eigenvalue weighted by molar-refractivity contribution is -0.200. The predicted molar refractivity (Wildman–Crippen MR) is 141 cm³/mol. The Morgan fingerprint density at radius 2 is 1.97 bits per heavy atom. The highest BCUT2D eigenvalue weighted by molar-refractivity contribution is 8.00. The second kappa shape index (κ2) is 12.7. The molecule has 0 bridgehead atoms. The summed E-state index contributed by atoms with van der Waals surface area (Å²) < 4.78 is 5.24. The molecule has 1 aromatic heterocycles. The number of amides is 2. The summed E-state index contributed by atoms with van der Waals surface area (Å²) in [5.74, 6) is -0.460. The van der Waals surface area contributed by atoms with Gasteiger partial charge in [0.15, 0.2) is 6.29 Å². The molecular formula is C26H32N2O6S2. The number of benzene rings is 1. The van der Waals surface area contributed by atoms with Crippen LogP contribution in [0.4, 0.5) is 5.69 Å². The normalized spacial score (nSPS) is 22.1. The van der Waals surface area contributed by atoms with Crippen LogP contribution in [0.5, 0.6) is 0 Å². The molecule has 1 unspecified atom stereocenters. The van der Waals surface area contributed by atoms with Crippen molar-refractivity contribution in [3.8, 4) is 10.4 Å². The highest BCUT2D eigenvalue weighted by Gasteiger charge is 2.38. The lowest BCUT2D eigenvalue weighted by Crippen LogP contribution is -2.37. The summed E-state index contributed by atoms with van der Waals surface area (Å²) >= 11 is 3.50. The molecule has 4 rings (SSSR count). The summed E-state index contributed by atoms with van der Waals surface area (Å²) in [6.45, 7) is 0.658. The second-order valence-corrected chi connectivity index (χ2v) is 11.7. The van der Waals surface area contributed by atoms with Crippen molar-refractivity contribution in [3.05, 3.63) is 41.3 Å². The number of ether oxygens (including phenoxy) is 1. The number of carbonyl (C=O) groups is 3. The summed E-state index contributed by atoms with van der Waals surface area (Å²) in [6, 6.07) is 11.7. The highest BCUT2D eigenvalue weighted by atomic mass is 32.2. The first kappa shape index (κ1) is 26.7. The van der Waals surface area contributed by atoms with Gasteiger partial charge in [-0.05, 0) is 61.3 Å². The van der Waals surface area contributed by atoms with Crippen LogP contribution in [-0.2, 0) is 28.7 Å². The van der Waals surface area contributed by atoms with E-state index in [1.165, 1.54) is 0 Å². The number of carboxylic acids is 1. The molecule has 2 aromatic rings. The maximum absolute atomic E-state index is 12.9. The van der Waals surface area contributed by atoms with Gasteiger partial charge in [0, 0.05) is 41.3 Å². The number of rotatable bonds is 10. The molecule has 2 aliphatic rings. The number of carboxylic acid groups (broad SMARTS) is 1. The fourth-order valence-corrected chi connectivity index (χ4v) is 7.32. The molecule has 0 saturated carbocycles. The van der Waals surface area contributed by atoms with E-state index < -0.39 is 5.97 Å². The number of hydrogen-bond acceptors (Lipinski definition) is 7. The first-order valence-corrected chi connectivity index (χ1v) is 14.2. The summed E-state index contributed by atoms with van der Waals surface area (Å²) in [5, 5.41) is 11.6. The molecular weight excluding hydrogens is 500 g/mol. The Morgan fingerprint density at radius 3 is 2.72 bits per heavy atom.